The number of carbonyl (C=O) groups excluding carboxylic acids is 1. The average Bonchev–Trinajstić information content (AvgIpc) is 4.36. The largest absolute Gasteiger partial charge is 0.335 e. The molecule has 75 heavy (non-hydrogen) atoms. The number of imidazole rings is 2. The molecule has 5 N–H and O–H groups in total. The Kier molecular flexibility index (Phi) is 10.6. The highest BCUT2D eigenvalue weighted by Crippen LogP contribution is 2.39. The Morgan fingerprint density at radius 2 is 1.20 bits per heavy atom. The molecule has 1 fully saturated rings. The number of anilines is 1. The summed E-state index contributed by atoms with van der Waals surface area (Å²) in [5.74, 6) is 0.903. The van der Waals surface area contributed by atoms with E-state index in [1.165, 1.54) is 18.4 Å². The van der Waals surface area contributed by atoms with Gasteiger partial charge < -0.3 is 15.3 Å². The number of aromatic nitrogens is 14. The van der Waals surface area contributed by atoms with Gasteiger partial charge in [-0.15, -0.1) is 0 Å². The molecule has 1 aliphatic rings. The molecule has 1 amide bonds. The van der Waals surface area contributed by atoms with Crippen molar-refractivity contribution in [2.24, 2.45) is 0 Å². The van der Waals surface area contributed by atoms with E-state index in [1.54, 1.807) is 55.5 Å². The van der Waals surface area contributed by atoms with Gasteiger partial charge in [-0.2, -0.15) is 10.2 Å². The number of carbonyl (C=O) groups is 1. The SMILES string of the molecule is O=C(Nc1cncc(-c2cc(-c3cccc(-c4cncc5[nH]c(-c6n[nH]c7ccc(-c8cncc(CN9CCCC9)c8)cc67)nc45)n3)c3[nH]nc(-c4nc5c(-c6ccccn6)cncc5[nH]4)c3c2)c1)c1ccccc1. The molecular formula is C58H42N16O. The molecule has 13 aromatic rings. The van der Waals surface area contributed by atoms with Crippen LogP contribution in [0.4, 0.5) is 5.69 Å². The van der Waals surface area contributed by atoms with Crippen LogP contribution in [0, 0.1) is 0 Å². The molecule has 1 saturated heterocycles. The molecule has 0 spiro atoms. The zero-order valence-electron chi connectivity index (χ0n) is 40.0. The van der Waals surface area contributed by atoms with Gasteiger partial charge >= 0.3 is 0 Å². The van der Waals surface area contributed by atoms with Crippen LogP contribution in [-0.2, 0) is 6.54 Å². The number of pyridine rings is 6. The number of likely N-dealkylation sites (tertiary alicyclic amines) is 1. The normalized spacial score (nSPS) is 12.9. The summed E-state index contributed by atoms with van der Waals surface area (Å²) in [5.41, 5.74) is 16.1. The van der Waals surface area contributed by atoms with Crippen molar-refractivity contribution in [3.63, 3.8) is 0 Å². The number of fused-ring (bicyclic) bond motifs is 4. The Morgan fingerprint density at radius 1 is 0.533 bits per heavy atom. The smallest absolute Gasteiger partial charge is 0.255 e. The van der Waals surface area contributed by atoms with Crippen molar-refractivity contribution >= 4 is 55.5 Å². The summed E-state index contributed by atoms with van der Waals surface area (Å²) in [6, 6.07) is 35.3. The van der Waals surface area contributed by atoms with Crippen LogP contribution >= 0.6 is 0 Å². The molecule has 17 nitrogen and oxygen atoms in total. The second-order valence-corrected chi connectivity index (χ2v) is 18.7. The Labute approximate surface area is 426 Å². The minimum absolute atomic E-state index is 0.240. The van der Waals surface area contributed by atoms with Gasteiger partial charge in [0.15, 0.2) is 11.6 Å². The number of H-pyrrole nitrogens is 4. The zero-order valence-corrected chi connectivity index (χ0v) is 40.0. The number of benzene rings is 3. The molecule has 0 saturated carbocycles. The molecular weight excluding hydrogens is 937 g/mol. The fourth-order valence-electron chi connectivity index (χ4n) is 10.2. The van der Waals surface area contributed by atoms with Gasteiger partial charge in [0, 0.05) is 87.9 Å². The van der Waals surface area contributed by atoms with Gasteiger partial charge in [-0.3, -0.25) is 44.8 Å². The molecule has 10 aromatic heterocycles. The summed E-state index contributed by atoms with van der Waals surface area (Å²) in [5, 5.41) is 20.9. The molecule has 0 radical (unpaired) electrons. The Bertz CT molecular complexity index is 4310. The molecule has 0 bridgehead atoms. The second-order valence-electron chi connectivity index (χ2n) is 18.7. The summed E-state index contributed by atoms with van der Waals surface area (Å²) in [4.78, 5) is 61.3. The van der Waals surface area contributed by atoms with E-state index >= 15 is 0 Å². The lowest BCUT2D eigenvalue weighted by Gasteiger charge is -2.14. The zero-order chi connectivity index (χ0) is 49.8. The van der Waals surface area contributed by atoms with Gasteiger partial charge in [-0.1, -0.05) is 36.4 Å². The average molecular weight is 979 g/mol. The second kappa shape index (κ2) is 18.2. The number of nitrogens with one attached hydrogen (secondary N) is 5. The molecule has 1 aliphatic heterocycles. The predicted octanol–water partition coefficient (Wildman–Crippen LogP) is 11.1. The van der Waals surface area contributed by atoms with E-state index in [0.717, 1.165) is 97.1 Å². The van der Waals surface area contributed by atoms with Gasteiger partial charge in [-0.05, 0) is 115 Å². The number of aromatic amines is 4. The molecule has 0 unspecified atom stereocenters. The maximum atomic E-state index is 13.3. The number of amides is 1. The minimum atomic E-state index is -0.240. The lowest BCUT2D eigenvalue weighted by Crippen LogP contribution is -2.18. The topological polar surface area (TPSA) is 224 Å². The van der Waals surface area contributed by atoms with Gasteiger partial charge in [0.25, 0.3) is 5.91 Å². The van der Waals surface area contributed by atoms with Crippen LogP contribution in [0.1, 0.15) is 28.8 Å². The van der Waals surface area contributed by atoms with Crippen molar-refractivity contribution in [1.82, 2.24) is 75.1 Å². The van der Waals surface area contributed by atoms with Crippen LogP contribution < -0.4 is 5.32 Å². The third-order valence-corrected chi connectivity index (χ3v) is 13.8. The maximum Gasteiger partial charge on any atom is 0.255 e. The van der Waals surface area contributed by atoms with Crippen molar-refractivity contribution in [2.45, 2.75) is 19.4 Å². The molecule has 3 aromatic carbocycles. The summed E-state index contributed by atoms with van der Waals surface area (Å²) in [6.07, 6.45) is 18.6. The van der Waals surface area contributed by atoms with E-state index in [9.17, 15) is 4.79 Å². The Hall–Kier alpha value is -10.1. The summed E-state index contributed by atoms with van der Waals surface area (Å²) in [7, 11) is 0. The fraction of sp³-hybridized carbons (Fsp3) is 0.0862. The van der Waals surface area contributed by atoms with Crippen LogP contribution in [0.15, 0.2) is 165 Å². The van der Waals surface area contributed by atoms with E-state index < -0.39 is 0 Å². The van der Waals surface area contributed by atoms with Crippen LogP contribution in [-0.4, -0.2) is 94.1 Å². The Balaban J connectivity index is 0.854. The highest BCUT2D eigenvalue weighted by atomic mass is 16.1. The first-order valence-corrected chi connectivity index (χ1v) is 24.6. The quantitative estimate of drug-likeness (QED) is 0.0816. The minimum Gasteiger partial charge on any atom is -0.335 e. The first kappa shape index (κ1) is 43.6. The van der Waals surface area contributed by atoms with E-state index in [2.05, 4.69) is 85.6 Å². The standard InChI is InChI=1S/C58H42N16O/c75-58(34-9-2-1-3-10-34)64-39-20-38(26-60-27-39)36-22-40(51-42(23-36)55(73-71-51)57-67-49-30-61-28-43(52(49)68-57)45-11-4-5-16-63-45)46-12-8-13-47(65-46)44-29-62-31-50-53(44)69-56(66-50)54-41-21-35(14-15-48(41)70-72-54)37-19-33(24-59-25-37)32-74-17-6-7-18-74/h1-5,8-16,19-31H,6-7,17-18,32H2,(H,64,75)(H,66,69)(H,67,68)(H,70,72)(H,71,73). The van der Waals surface area contributed by atoms with Gasteiger partial charge in [0.2, 0.25) is 0 Å². The molecule has 360 valence electrons. The lowest BCUT2D eigenvalue weighted by atomic mass is 9.97. The third kappa shape index (κ3) is 8.09. The van der Waals surface area contributed by atoms with Gasteiger partial charge in [0.1, 0.15) is 22.4 Å². The van der Waals surface area contributed by atoms with Crippen molar-refractivity contribution < 1.29 is 4.79 Å². The van der Waals surface area contributed by atoms with Crippen LogP contribution in [0.5, 0.6) is 0 Å². The molecule has 17 heteroatoms. The fourth-order valence-corrected chi connectivity index (χ4v) is 10.2. The predicted molar refractivity (Wildman–Crippen MR) is 289 cm³/mol. The molecule has 11 heterocycles. The van der Waals surface area contributed by atoms with Gasteiger partial charge in [-0.25, -0.2) is 15.0 Å². The van der Waals surface area contributed by atoms with E-state index in [4.69, 9.17) is 25.1 Å². The summed E-state index contributed by atoms with van der Waals surface area (Å²) in [6.45, 7) is 3.15. The van der Waals surface area contributed by atoms with E-state index in [1.807, 2.05) is 79.1 Å². The first-order valence-electron chi connectivity index (χ1n) is 24.6. The molecule has 0 aliphatic carbocycles. The van der Waals surface area contributed by atoms with Crippen molar-refractivity contribution in [3.05, 3.63) is 176 Å². The van der Waals surface area contributed by atoms with Gasteiger partial charge in [0.05, 0.1) is 63.4 Å². The summed E-state index contributed by atoms with van der Waals surface area (Å²) < 4.78 is 0. The van der Waals surface area contributed by atoms with Crippen LogP contribution in [0.3, 0.4) is 0 Å². The van der Waals surface area contributed by atoms with Crippen molar-refractivity contribution in [2.75, 3.05) is 18.4 Å². The molecule has 14 rings (SSSR count). The highest BCUT2D eigenvalue weighted by molar-refractivity contribution is 6.06. The maximum absolute atomic E-state index is 13.3. The van der Waals surface area contributed by atoms with E-state index in [0.29, 0.717) is 56.7 Å². The number of rotatable bonds is 11. The number of hydrogen-bond acceptors (Lipinski definition) is 12. The number of hydrogen-bond donors (Lipinski definition) is 5. The van der Waals surface area contributed by atoms with Crippen molar-refractivity contribution in [1.29, 1.82) is 0 Å². The monoisotopic (exact) mass is 978 g/mol. The van der Waals surface area contributed by atoms with Crippen LogP contribution in [0.2, 0.25) is 0 Å². The Morgan fingerprint density at radius 3 is 1.97 bits per heavy atom. The van der Waals surface area contributed by atoms with Crippen LogP contribution in [0.25, 0.3) is 123 Å². The third-order valence-electron chi connectivity index (χ3n) is 13.8. The first-order chi connectivity index (χ1) is 37.0. The van der Waals surface area contributed by atoms with E-state index in [-0.39, 0.29) is 5.91 Å². The molecule has 0 atom stereocenters. The number of nitrogens with zero attached hydrogens (tertiary/aromatic N) is 11. The lowest BCUT2D eigenvalue weighted by molar-refractivity contribution is 0.102. The van der Waals surface area contributed by atoms with Crippen molar-refractivity contribution in [3.8, 4) is 79.1 Å². The summed E-state index contributed by atoms with van der Waals surface area (Å²) >= 11 is 0. The highest BCUT2D eigenvalue weighted by Gasteiger charge is 2.23.